The third kappa shape index (κ3) is 3.95. The molecular formula is C20H18N2O6S. The van der Waals surface area contributed by atoms with Crippen LogP contribution < -0.4 is 14.8 Å². The Bertz CT molecular complexity index is 1100. The number of sulfone groups is 1. The molecule has 1 amide bonds. The maximum absolute atomic E-state index is 13.3. The van der Waals surface area contributed by atoms with E-state index in [0.717, 1.165) is 0 Å². The molecule has 4 rings (SSSR count). The van der Waals surface area contributed by atoms with Crippen molar-refractivity contribution < 1.29 is 27.1 Å². The van der Waals surface area contributed by atoms with Crippen LogP contribution >= 0.6 is 0 Å². The summed E-state index contributed by atoms with van der Waals surface area (Å²) in [4.78, 5) is 16.4. The number of aromatic nitrogens is 1. The molecule has 1 N–H and O–H groups in total. The number of ether oxygens (including phenoxy) is 2. The summed E-state index contributed by atoms with van der Waals surface area (Å²) in [5.41, 5.74) is 0.197. The van der Waals surface area contributed by atoms with Crippen LogP contribution in [0.25, 0.3) is 0 Å². The van der Waals surface area contributed by atoms with E-state index in [2.05, 4.69) is 10.3 Å². The summed E-state index contributed by atoms with van der Waals surface area (Å²) in [7, 11) is -3.90. The van der Waals surface area contributed by atoms with Gasteiger partial charge in [-0.15, -0.1) is 0 Å². The van der Waals surface area contributed by atoms with Crippen LogP contribution in [-0.4, -0.2) is 39.1 Å². The summed E-state index contributed by atoms with van der Waals surface area (Å²) >= 11 is 0. The first-order chi connectivity index (χ1) is 14.1. The first-order valence-corrected chi connectivity index (χ1v) is 10.5. The minimum Gasteiger partial charge on any atom is -0.486 e. The van der Waals surface area contributed by atoms with E-state index in [1.165, 1.54) is 24.6 Å². The fourth-order valence-electron chi connectivity index (χ4n) is 2.98. The van der Waals surface area contributed by atoms with Crippen LogP contribution in [0.3, 0.4) is 0 Å². The fraction of sp³-hybridized carbons (Fsp3) is 0.200. The lowest BCUT2D eigenvalue weighted by molar-refractivity contribution is 0.0948. The quantitative estimate of drug-likeness (QED) is 0.660. The van der Waals surface area contributed by atoms with E-state index < -0.39 is 21.0 Å². The molecule has 3 aromatic rings. The number of rotatable bonds is 6. The zero-order valence-corrected chi connectivity index (χ0v) is 16.1. The van der Waals surface area contributed by atoms with Crippen LogP contribution in [0.15, 0.2) is 70.3 Å². The predicted molar refractivity (Wildman–Crippen MR) is 103 cm³/mol. The minimum absolute atomic E-state index is 0.0511. The summed E-state index contributed by atoms with van der Waals surface area (Å²) in [5, 5.41) is 1.51. The van der Waals surface area contributed by atoms with Gasteiger partial charge in [-0.2, -0.15) is 0 Å². The fourth-order valence-corrected chi connectivity index (χ4v) is 4.58. The number of nitrogens with one attached hydrogen (secondary N) is 1. The number of hydrogen-bond donors (Lipinski definition) is 1. The highest BCUT2D eigenvalue weighted by Gasteiger charge is 2.33. The second-order valence-electron chi connectivity index (χ2n) is 6.28. The summed E-state index contributed by atoms with van der Waals surface area (Å²) in [6, 6.07) is 12.5. The third-order valence-corrected chi connectivity index (χ3v) is 6.48. The van der Waals surface area contributed by atoms with E-state index in [9.17, 15) is 13.2 Å². The molecule has 1 atom stereocenters. The molecule has 0 bridgehead atoms. The van der Waals surface area contributed by atoms with Gasteiger partial charge in [-0.25, -0.2) is 8.42 Å². The number of amides is 1. The molecule has 29 heavy (non-hydrogen) atoms. The molecule has 0 radical (unpaired) electrons. The Morgan fingerprint density at radius 1 is 1.07 bits per heavy atom. The lowest BCUT2D eigenvalue weighted by Gasteiger charge is -2.21. The zero-order valence-electron chi connectivity index (χ0n) is 15.3. The topological polar surface area (TPSA) is 108 Å². The average Bonchev–Trinajstić information content (AvgIpc) is 3.28. The second-order valence-corrected chi connectivity index (χ2v) is 8.41. The van der Waals surface area contributed by atoms with Gasteiger partial charge in [0.15, 0.2) is 21.3 Å². The molecule has 0 aliphatic carbocycles. The molecule has 8 nitrogen and oxygen atoms in total. The van der Waals surface area contributed by atoms with Crippen molar-refractivity contribution in [2.24, 2.45) is 0 Å². The Balaban J connectivity index is 1.62. The molecule has 9 heteroatoms. The molecule has 1 aliphatic rings. The van der Waals surface area contributed by atoms with E-state index in [1.54, 1.807) is 36.4 Å². The zero-order chi connectivity index (χ0) is 20.3. The lowest BCUT2D eigenvalue weighted by Crippen LogP contribution is -2.32. The van der Waals surface area contributed by atoms with Crippen molar-refractivity contribution in [2.45, 2.75) is 10.1 Å². The van der Waals surface area contributed by atoms with Gasteiger partial charge in [-0.3, -0.25) is 9.78 Å². The monoisotopic (exact) mass is 414 g/mol. The molecule has 0 spiro atoms. The van der Waals surface area contributed by atoms with Gasteiger partial charge in [-0.1, -0.05) is 6.07 Å². The molecule has 0 saturated heterocycles. The summed E-state index contributed by atoms with van der Waals surface area (Å²) in [6.45, 7) is 0.575. The van der Waals surface area contributed by atoms with Crippen molar-refractivity contribution in [2.75, 3.05) is 19.8 Å². The third-order valence-electron chi connectivity index (χ3n) is 4.42. The SMILES string of the molecule is O=C(NC[C@@H](c1ccco1)S(=O)(=O)c1ccc2c(c1)OCCO2)c1ccccn1. The maximum atomic E-state index is 13.3. The Morgan fingerprint density at radius 3 is 2.62 bits per heavy atom. The van der Waals surface area contributed by atoms with Gasteiger partial charge in [0.05, 0.1) is 11.2 Å². The number of hydrogen-bond acceptors (Lipinski definition) is 7. The summed E-state index contributed by atoms with van der Waals surface area (Å²) < 4.78 is 43.0. The summed E-state index contributed by atoms with van der Waals surface area (Å²) in [5.74, 6) is 0.613. The number of nitrogens with zero attached hydrogens (tertiary/aromatic N) is 1. The smallest absolute Gasteiger partial charge is 0.269 e. The number of carbonyl (C=O) groups excluding carboxylic acids is 1. The Hall–Kier alpha value is -3.33. The second kappa shape index (κ2) is 7.96. The van der Waals surface area contributed by atoms with Crippen LogP contribution in [0.5, 0.6) is 11.5 Å². The molecule has 0 unspecified atom stereocenters. The Morgan fingerprint density at radius 2 is 1.90 bits per heavy atom. The van der Waals surface area contributed by atoms with Gasteiger partial charge in [-0.05, 0) is 36.4 Å². The molecule has 0 fully saturated rings. The van der Waals surface area contributed by atoms with Crippen molar-refractivity contribution in [1.82, 2.24) is 10.3 Å². The van der Waals surface area contributed by atoms with Gasteiger partial charge >= 0.3 is 0 Å². The predicted octanol–water partition coefficient (Wildman–Crippen LogP) is 2.39. The van der Waals surface area contributed by atoms with Crippen LogP contribution in [0.2, 0.25) is 0 Å². The van der Waals surface area contributed by atoms with Gasteiger partial charge in [0.25, 0.3) is 5.91 Å². The lowest BCUT2D eigenvalue weighted by atomic mass is 10.3. The number of furan rings is 1. The van der Waals surface area contributed by atoms with Crippen molar-refractivity contribution in [3.63, 3.8) is 0 Å². The van der Waals surface area contributed by atoms with E-state index >= 15 is 0 Å². The number of carbonyl (C=O) groups is 1. The van der Waals surface area contributed by atoms with Crippen LogP contribution in [0.4, 0.5) is 0 Å². The van der Waals surface area contributed by atoms with E-state index in [4.69, 9.17) is 13.9 Å². The van der Waals surface area contributed by atoms with Crippen LogP contribution in [-0.2, 0) is 9.84 Å². The highest BCUT2D eigenvalue weighted by atomic mass is 32.2. The molecule has 2 aromatic heterocycles. The van der Waals surface area contributed by atoms with Crippen molar-refractivity contribution >= 4 is 15.7 Å². The first-order valence-electron chi connectivity index (χ1n) is 8.92. The number of fused-ring (bicyclic) bond motifs is 1. The van der Waals surface area contributed by atoms with Gasteiger partial charge in [0.1, 0.15) is 29.9 Å². The molecule has 3 heterocycles. The molecule has 0 saturated carbocycles. The Kier molecular flexibility index (Phi) is 5.22. The average molecular weight is 414 g/mol. The van der Waals surface area contributed by atoms with Crippen LogP contribution in [0.1, 0.15) is 21.5 Å². The minimum atomic E-state index is -3.90. The van der Waals surface area contributed by atoms with Gasteiger partial charge in [0.2, 0.25) is 0 Å². The molecule has 1 aliphatic heterocycles. The van der Waals surface area contributed by atoms with Crippen molar-refractivity contribution in [3.8, 4) is 11.5 Å². The number of benzene rings is 1. The first kappa shape index (κ1) is 19.0. The van der Waals surface area contributed by atoms with Crippen molar-refractivity contribution in [1.29, 1.82) is 0 Å². The summed E-state index contributed by atoms with van der Waals surface area (Å²) in [6.07, 6.45) is 2.88. The maximum Gasteiger partial charge on any atom is 0.269 e. The number of pyridine rings is 1. The van der Waals surface area contributed by atoms with Gasteiger partial charge in [0, 0.05) is 18.8 Å². The molecule has 1 aromatic carbocycles. The Labute approximate surface area is 167 Å². The standard InChI is InChI=1S/C20H18N2O6S/c23-20(15-4-1-2-8-21-15)22-13-19(17-5-3-9-26-17)29(24,25)14-6-7-16-18(12-14)28-11-10-27-16/h1-9,12,19H,10-11,13H2,(H,22,23)/t19-/m0/s1. The largest absolute Gasteiger partial charge is 0.486 e. The van der Waals surface area contributed by atoms with Crippen LogP contribution in [0, 0.1) is 0 Å². The van der Waals surface area contributed by atoms with E-state index in [1.807, 2.05) is 0 Å². The molecule has 150 valence electrons. The highest BCUT2D eigenvalue weighted by Crippen LogP contribution is 2.36. The normalized spacial score (nSPS) is 14.2. The van der Waals surface area contributed by atoms with Crippen molar-refractivity contribution in [3.05, 3.63) is 72.4 Å². The van der Waals surface area contributed by atoms with E-state index in [-0.39, 0.29) is 22.9 Å². The van der Waals surface area contributed by atoms with Gasteiger partial charge < -0.3 is 19.2 Å². The van der Waals surface area contributed by atoms with E-state index in [0.29, 0.717) is 24.7 Å². The molecular weight excluding hydrogens is 396 g/mol. The highest BCUT2D eigenvalue weighted by molar-refractivity contribution is 7.91.